The van der Waals surface area contributed by atoms with E-state index in [1.54, 1.807) is 0 Å². The molecule has 2 aromatic heterocycles. The van der Waals surface area contributed by atoms with Crippen LogP contribution in [0.25, 0.3) is 11.5 Å². The number of phenols is 1. The van der Waals surface area contributed by atoms with Gasteiger partial charge in [0, 0.05) is 18.0 Å². The summed E-state index contributed by atoms with van der Waals surface area (Å²) in [4.78, 5) is 16.7. The van der Waals surface area contributed by atoms with E-state index in [4.69, 9.17) is 4.52 Å². The molecule has 36 heavy (non-hydrogen) atoms. The summed E-state index contributed by atoms with van der Waals surface area (Å²) < 4.78 is 71.0. The van der Waals surface area contributed by atoms with Crippen molar-refractivity contribution in [2.45, 2.75) is 50.6 Å². The van der Waals surface area contributed by atoms with Crippen LogP contribution >= 0.6 is 0 Å². The van der Waals surface area contributed by atoms with Crippen LogP contribution < -0.4 is 5.32 Å². The van der Waals surface area contributed by atoms with Gasteiger partial charge in [-0.25, -0.2) is 8.78 Å². The molecular weight excluding hydrogens is 489 g/mol. The summed E-state index contributed by atoms with van der Waals surface area (Å²) in [5.41, 5.74) is -2.01. The van der Waals surface area contributed by atoms with Crippen molar-refractivity contribution in [2.24, 2.45) is 5.92 Å². The van der Waals surface area contributed by atoms with Crippen LogP contribution in [0, 0.1) is 17.6 Å². The van der Waals surface area contributed by atoms with Gasteiger partial charge in [0.15, 0.2) is 17.3 Å². The number of amides is 1. The second kappa shape index (κ2) is 9.78. The van der Waals surface area contributed by atoms with Crippen molar-refractivity contribution in [3.05, 3.63) is 53.0 Å². The summed E-state index contributed by atoms with van der Waals surface area (Å²) in [6.07, 6.45) is -1.28. The minimum Gasteiger partial charge on any atom is -0.505 e. The second-order valence-corrected chi connectivity index (χ2v) is 8.80. The third-order valence-electron chi connectivity index (χ3n) is 6.64. The lowest BCUT2D eigenvalue weighted by atomic mass is 9.68. The Morgan fingerprint density at radius 3 is 2.50 bits per heavy atom. The highest BCUT2D eigenvalue weighted by molar-refractivity contribution is 5.94. The molecule has 2 heterocycles. The van der Waals surface area contributed by atoms with Gasteiger partial charge in [0.1, 0.15) is 11.5 Å². The van der Waals surface area contributed by atoms with Crippen LogP contribution in [0.2, 0.25) is 0 Å². The molecule has 0 radical (unpaired) electrons. The Labute approximate surface area is 201 Å². The van der Waals surface area contributed by atoms with Crippen LogP contribution in [0.15, 0.2) is 28.8 Å². The molecule has 13 heteroatoms. The zero-order valence-electron chi connectivity index (χ0n) is 19.1. The molecular formula is C23H22F5N5O3. The van der Waals surface area contributed by atoms with E-state index in [1.807, 2.05) is 6.92 Å². The number of halogens is 5. The molecule has 3 aromatic rings. The van der Waals surface area contributed by atoms with Crippen LogP contribution in [-0.4, -0.2) is 37.9 Å². The van der Waals surface area contributed by atoms with Gasteiger partial charge in [-0.2, -0.15) is 18.2 Å². The fraction of sp³-hybridized carbons (Fsp3) is 0.435. The SMILES string of the molecule is CCC1(c2nc(-c3ccc(C(F)(F)F)nn3)no2)CCC(CNC(=O)c2cc(F)c(O)cc2F)CC1. The van der Waals surface area contributed by atoms with Gasteiger partial charge in [0.05, 0.1) is 5.56 Å². The number of nitrogens with one attached hydrogen (secondary N) is 1. The minimum absolute atomic E-state index is 0.0385. The standard InChI is InChI=1S/C23H22F5N5O3/c1-2-22(21-30-19(33-36-21)16-3-4-18(32-31-16)23(26,27)28)7-5-12(6-8-22)11-29-20(35)13-9-15(25)17(34)10-14(13)24/h3-4,9-10,12,34H,2,5-8,11H2,1H3,(H,29,35). The molecule has 1 saturated carbocycles. The predicted molar refractivity (Wildman–Crippen MR) is 115 cm³/mol. The van der Waals surface area contributed by atoms with Gasteiger partial charge in [-0.15, -0.1) is 10.2 Å². The van der Waals surface area contributed by atoms with Gasteiger partial charge in [-0.05, 0) is 56.2 Å². The fourth-order valence-corrected chi connectivity index (χ4v) is 4.34. The summed E-state index contributed by atoms with van der Waals surface area (Å²) in [6.45, 7) is 2.21. The number of hydrogen-bond acceptors (Lipinski definition) is 7. The first-order chi connectivity index (χ1) is 17.0. The number of hydrogen-bond donors (Lipinski definition) is 2. The average Bonchev–Trinajstić information content (AvgIpc) is 3.36. The smallest absolute Gasteiger partial charge is 0.435 e. The monoisotopic (exact) mass is 511 g/mol. The summed E-state index contributed by atoms with van der Waals surface area (Å²) >= 11 is 0. The number of rotatable bonds is 6. The van der Waals surface area contributed by atoms with E-state index in [1.165, 1.54) is 0 Å². The molecule has 0 unspecified atom stereocenters. The van der Waals surface area contributed by atoms with Crippen LogP contribution in [0.5, 0.6) is 5.75 Å². The molecule has 1 amide bonds. The zero-order valence-corrected chi connectivity index (χ0v) is 19.1. The molecule has 8 nitrogen and oxygen atoms in total. The molecule has 0 bridgehead atoms. The van der Waals surface area contributed by atoms with Crippen molar-refractivity contribution in [1.82, 2.24) is 25.7 Å². The molecule has 4 rings (SSSR count). The molecule has 0 atom stereocenters. The van der Waals surface area contributed by atoms with Gasteiger partial charge in [-0.1, -0.05) is 12.1 Å². The molecule has 1 fully saturated rings. The van der Waals surface area contributed by atoms with Gasteiger partial charge in [-0.3, -0.25) is 4.79 Å². The van der Waals surface area contributed by atoms with Crippen LogP contribution in [-0.2, 0) is 11.6 Å². The third-order valence-corrected chi connectivity index (χ3v) is 6.64. The van der Waals surface area contributed by atoms with Crippen molar-refractivity contribution in [2.75, 3.05) is 6.54 Å². The maximum Gasteiger partial charge on any atom is 0.435 e. The summed E-state index contributed by atoms with van der Waals surface area (Å²) in [5, 5.41) is 22.4. The number of benzene rings is 1. The Bertz CT molecular complexity index is 1240. The van der Waals surface area contributed by atoms with E-state index >= 15 is 0 Å². The van der Waals surface area contributed by atoms with Crippen LogP contribution in [0.4, 0.5) is 22.0 Å². The van der Waals surface area contributed by atoms with E-state index < -0.39 is 46.1 Å². The first kappa shape index (κ1) is 25.5. The molecule has 192 valence electrons. The van der Waals surface area contributed by atoms with Crippen molar-refractivity contribution < 1.29 is 36.4 Å². The van der Waals surface area contributed by atoms with Gasteiger partial charge < -0.3 is 14.9 Å². The maximum absolute atomic E-state index is 13.9. The molecule has 0 saturated heterocycles. The van der Waals surface area contributed by atoms with E-state index in [2.05, 4.69) is 25.7 Å². The quantitative estimate of drug-likeness (QED) is 0.457. The minimum atomic E-state index is -4.60. The number of phenolic OH excluding ortho intramolecular Hbond substituents is 1. The lowest BCUT2D eigenvalue weighted by Crippen LogP contribution is -2.36. The fourth-order valence-electron chi connectivity index (χ4n) is 4.34. The Morgan fingerprint density at radius 2 is 1.89 bits per heavy atom. The van der Waals surface area contributed by atoms with Gasteiger partial charge in [0.2, 0.25) is 11.7 Å². The summed E-state index contributed by atoms with van der Waals surface area (Å²) in [6, 6.07) is 3.13. The highest BCUT2D eigenvalue weighted by Gasteiger charge is 2.40. The zero-order chi connectivity index (χ0) is 26.1. The van der Waals surface area contributed by atoms with E-state index in [-0.39, 0.29) is 24.0 Å². The summed E-state index contributed by atoms with van der Waals surface area (Å²) in [5.74, 6) is -3.30. The first-order valence-corrected chi connectivity index (χ1v) is 11.2. The largest absolute Gasteiger partial charge is 0.505 e. The maximum atomic E-state index is 13.9. The Kier molecular flexibility index (Phi) is 6.92. The Hall–Kier alpha value is -3.64. The van der Waals surface area contributed by atoms with E-state index in [9.17, 15) is 31.9 Å². The number of aromatic nitrogens is 4. The number of carbonyl (C=O) groups excluding carboxylic acids is 1. The first-order valence-electron chi connectivity index (χ1n) is 11.2. The van der Waals surface area contributed by atoms with Crippen molar-refractivity contribution in [3.63, 3.8) is 0 Å². The highest BCUT2D eigenvalue weighted by Crippen LogP contribution is 2.43. The Balaban J connectivity index is 1.38. The normalized spacial score (nSPS) is 20.3. The molecule has 0 spiro atoms. The topological polar surface area (TPSA) is 114 Å². The van der Waals surface area contributed by atoms with Gasteiger partial charge in [0.25, 0.3) is 5.91 Å². The van der Waals surface area contributed by atoms with Crippen LogP contribution in [0.1, 0.15) is 61.0 Å². The lowest BCUT2D eigenvalue weighted by Gasteiger charge is -2.36. The number of alkyl halides is 3. The molecule has 1 aliphatic carbocycles. The number of aromatic hydroxyl groups is 1. The second-order valence-electron chi connectivity index (χ2n) is 8.80. The molecule has 1 aromatic carbocycles. The highest BCUT2D eigenvalue weighted by atomic mass is 19.4. The Morgan fingerprint density at radius 1 is 1.17 bits per heavy atom. The third kappa shape index (κ3) is 5.14. The number of carbonyl (C=O) groups is 1. The van der Waals surface area contributed by atoms with E-state index in [0.29, 0.717) is 50.1 Å². The van der Waals surface area contributed by atoms with Gasteiger partial charge >= 0.3 is 6.18 Å². The van der Waals surface area contributed by atoms with Crippen molar-refractivity contribution >= 4 is 5.91 Å². The lowest BCUT2D eigenvalue weighted by molar-refractivity contribution is -0.141. The van der Waals surface area contributed by atoms with E-state index in [0.717, 1.165) is 12.1 Å². The average molecular weight is 511 g/mol. The molecule has 0 aliphatic heterocycles. The molecule has 2 N–H and O–H groups in total. The molecule has 1 aliphatic rings. The van der Waals surface area contributed by atoms with Crippen LogP contribution in [0.3, 0.4) is 0 Å². The van der Waals surface area contributed by atoms with Crippen molar-refractivity contribution in [1.29, 1.82) is 0 Å². The summed E-state index contributed by atoms with van der Waals surface area (Å²) in [7, 11) is 0. The predicted octanol–water partition coefficient (Wildman–Crippen LogP) is 4.80. The van der Waals surface area contributed by atoms with Crippen molar-refractivity contribution in [3.8, 4) is 17.3 Å². The number of nitrogens with zero attached hydrogens (tertiary/aromatic N) is 4.